The Balaban J connectivity index is 2.05. The molecule has 1 aromatic carbocycles. The van der Waals surface area contributed by atoms with E-state index in [0.29, 0.717) is 17.8 Å². The van der Waals surface area contributed by atoms with Crippen LogP contribution in [-0.4, -0.2) is 22.6 Å². The second-order valence-corrected chi connectivity index (χ2v) is 4.53. The van der Waals surface area contributed by atoms with E-state index in [-0.39, 0.29) is 12.5 Å². The molecular formula is C17H16N2O2. The van der Waals surface area contributed by atoms with Crippen molar-refractivity contribution >= 4 is 11.7 Å². The molecule has 1 aromatic heterocycles. The number of hydrogen-bond donors (Lipinski definition) is 2. The zero-order valence-corrected chi connectivity index (χ0v) is 11.8. The number of aryl methyl sites for hydroxylation is 1. The molecule has 0 spiro atoms. The Morgan fingerprint density at radius 3 is 2.71 bits per heavy atom. The van der Waals surface area contributed by atoms with Crippen LogP contribution in [0.3, 0.4) is 0 Å². The van der Waals surface area contributed by atoms with E-state index in [2.05, 4.69) is 22.1 Å². The molecule has 4 heteroatoms. The number of hydrogen-bond acceptors (Lipinski definition) is 3. The molecule has 0 atom stereocenters. The zero-order chi connectivity index (χ0) is 15.1. The molecule has 0 aliphatic rings. The van der Waals surface area contributed by atoms with Gasteiger partial charge in [-0.2, -0.15) is 0 Å². The number of nitrogens with one attached hydrogen (secondary N) is 1. The van der Waals surface area contributed by atoms with Crippen LogP contribution >= 0.6 is 0 Å². The average Bonchev–Trinajstić information content (AvgIpc) is 2.48. The first kappa shape index (κ1) is 14.8. The number of rotatable bonds is 3. The maximum Gasteiger partial charge on any atom is 0.256 e. The third-order valence-corrected chi connectivity index (χ3v) is 2.77. The van der Waals surface area contributed by atoms with E-state index in [1.807, 2.05) is 19.1 Å². The van der Waals surface area contributed by atoms with Gasteiger partial charge in [0.1, 0.15) is 5.82 Å². The highest BCUT2D eigenvalue weighted by Gasteiger charge is 2.06. The highest BCUT2D eigenvalue weighted by molar-refractivity contribution is 6.03. The number of aliphatic hydroxyl groups is 1. The minimum atomic E-state index is -0.206. The topological polar surface area (TPSA) is 62.2 Å². The summed E-state index contributed by atoms with van der Waals surface area (Å²) in [7, 11) is 0. The van der Waals surface area contributed by atoms with E-state index in [0.717, 1.165) is 11.1 Å². The molecule has 0 saturated carbocycles. The lowest BCUT2D eigenvalue weighted by Crippen LogP contribution is -2.12. The van der Waals surface area contributed by atoms with Gasteiger partial charge >= 0.3 is 0 Å². The summed E-state index contributed by atoms with van der Waals surface area (Å²) in [6.45, 7) is 1.99. The quantitative estimate of drug-likeness (QED) is 0.849. The summed E-state index contributed by atoms with van der Waals surface area (Å²) in [6, 6.07) is 10.7. The molecule has 0 aliphatic heterocycles. The number of nitrogens with zero attached hydrogens (tertiary/aromatic N) is 1. The van der Waals surface area contributed by atoms with Crippen molar-refractivity contribution in [3.8, 4) is 11.8 Å². The van der Waals surface area contributed by atoms with Gasteiger partial charge in [-0.25, -0.2) is 4.98 Å². The first-order chi connectivity index (χ1) is 10.2. The van der Waals surface area contributed by atoms with Gasteiger partial charge in [0, 0.05) is 23.7 Å². The van der Waals surface area contributed by atoms with Crippen LogP contribution in [0, 0.1) is 18.8 Å². The minimum absolute atomic E-state index is 0.0526. The normalized spacial score (nSPS) is 9.62. The molecule has 1 amide bonds. The van der Waals surface area contributed by atoms with Crippen molar-refractivity contribution in [2.45, 2.75) is 13.3 Å². The van der Waals surface area contributed by atoms with Gasteiger partial charge in [0.2, 0.25) is 0 Å². The molecule has 2 N–H and O–H groups in total. The van der Waals surface area contributed by atoms with Crippen LogP contribution in [0.25, 0.3) is 0 Å². The number of carbonyl (C=O) groups excluding carboxylic acids is 1. The SMILES string of the molecule is Cc1ccnc(NC(=O)c2ccc(C#CCCO)cc2)c1. The largest absolute Gasteiger partial charge is 0.395 e. The van der Waals surface area contributed by atoms with E-state index in [9.17, 15) is 4.79 Å². The fraction of sp³-hybridized carbons (Fsp3) is 0.176. The maximum atomic E-state index is 12.1. The number of anilines is 1. The van der Waals surface area contributed by atoms with Crippen molar-refractivity contribution < 1.29 is 9.90 Å². The molecule has 106 valence electrons. The van der Waals surface area contributed by atoms with E-state index < -0.39 is 0 Å². The Morgan fingerprint density at radius 2 is 2.05 bits per heavy atom. The van der Waals surface area contributed by atoms with Crippen molar-refractivity contribution in [3.05, 3.63) is 59.3 Å². The van der Waals surface area contributed by atoms with Crippen LogP contribution in [-0.2, 0) is 0 Å². The highest BCUT2D eigenvalue weighted by atomic mass is 16.2. The third kappa shape index (κ3) is 4.44. The predicted octanol–water partition coefficient (Wildman–Crippen LogP) is 2.38. The van der Waals surface area contributed by atoms with Crippen LogP contribution in [0.1, 0.15) is 27.9 Å². The van der Waals surface area contributed by atoms with Crippen LogP contribution < -0.4 is 5.32 Å². The Kier molecular flexibility index (Phi) is 5.08. The monoisotopic (exact) mass is 280 g/mol. The van der Waals surface area contributed by atoms with Crippen LogP contribution in [0.5, 0.6) is 0 Å². The Labute approximate surface area is 123 Å². The van der Waals surface area contributed by atoms with Crippen molar-refractivity contribution in [2.75, 3.05) is 11.9 Å². The summed E-state index contributed by atoms with van der Waals surface area (Å²) >= 11 is 0. The molecule has 0 aliphatic carbocycles. The average molecular weight is 280 g/mol. The van der Waals surface area contributed by atoms with E-state index in [1.54, 1.807) is 30.5 Å². The number of aliphatic hydroxyl groups excluding tert-OH is 1. The molecule has 0 unspecified atom stereocenters. The van der Waals surface area contributed by atoms with Gasteiger partial charge in [-0.3, -0.25) is 4.79 Å². The molecule has 0 bridgehead atoms. The third-order valence-electron chi connectivity index (χ3n) is 2.77. The summed E-state index contributed by atoms with van der Waals surface area (Å²) in [6.07, 6.45) is 2.10. The number of aromatic nitrogens is 1. The standard InChI is InChI=1S/C17H16N2O2/c1-13-9-10-18-16(12-13)19-17(21)15-7-5-14(6-8-15)4-2-3-11-20/h5-10,12,20H,3,11H2,1H3,(H,18,19,21). The second-order valence-electron chi connectivity index (χ2n) is 4.53. The Bertz CT molecular complexity index is 682. The zero-order valence-electron chi connectivity index (χ0n) is 11.8. The van der Waals surface area contributed by atoms with Gasteiger partial charge in [-0.05, 0) is 48.9 Å². The van der Waals surface area contributed by atoms with Crippen LogP contribution in [0.4, 0.5) is 5.82 Å². The second kappa shape index (κ2) is 7.22. The first-order valence-electron chi connectivity index (χ1n) is 6.63. The van der Waals surface area contributed by atoms with Gasteiger partial charge in [0.05, 0.1) is 6.61 Å². The molecule has 0 fully saturated rings. The van der Waals surface area contributed by atoms with Crippen molar-refractivity contribution in [1.29, 1.82) is 0 Å². The number of pyridine rings is 1. The van der Waals surface area contributed by atoms with Gasteiger partial charge in [0.15, 0.2) is 0 Å². The van der Waals surface area contributed by atoms with Crippen molar-refractivity contribution in [3.63, 3.8) is 0 Å². The lowest BCUT2D eigenvalue weighted by atomic mass is 10.1. The fourth-order valence-electron chi connectivity index (χ4n) is 1.72. The fourth-order valence-corrected chi connectivity index (χ4v) is 1.72. The Hall–Kier alpha value is -2.64. The van der Waals surface area contributed by atoms with Gasteiger partial charge < -0.3 is 10.4 Å². The van der Waals surface area contributed by atoms with Crippen molar-refractivity contribution in [1.82, 2.24) is 4.98 Å². The van der Waals surface area contributed by atoms with E-state index in [4.69, 9.17) is 5.11 Å². The number of amides is 1. The summed E-state index contributed by atoms with van der Waals surface area (Å²) in [5, 5.41) is 11.4. The summed E-state index contributed by atoms with van der Waals surface area (Å²) in [5.41, 5.74) is 2.40. The predicted molar refractivity (Wildman–Crippen MR) is 82.0 cm³/mol. The molecular weight excluding hydrogens is 264 g/mol. The highest BCUT2D eigenvalue weighted by Crippen LogP contribution is 2.09. The lowest BCUT2D eigenvalue weighted by Gasteiger charge is -2.05. The van der Waals surface area contributed by atoms with E-state index in [1.165, 1.54) is 0 Å². The number of carbonyl (C=O) groups is 1. The Morgan fingerprint density at radius 1 is 1.29 bits per heavy atom. The summed E-state index contributed by atoms with van der Waals surface area (Å²) < 4.78 is 0. The first-order valence-corrected chi connectivity index (χ1v) is 6.63. The number of benzene rings is 1. The minimum Gasteiger partial charge on any atom is -0.395 e. The summed E-state index contributed by atoms with van der Waals surface area (Å²) in [4.78, 5) is 16.2. The van der Waals surface area contributed by atoms with Gasteiger partial charge in [0.25, 0.3) is 5.91 Å². The van der Waals surface area contributed by atoms with Crippen molar-refractivity contribution in [2.24, 2.45) is 0 Å². The molecule has 2 aromatic rings. The van der Waals surface area contributed by atoms with Gasteiger partial charge in [-0.15, -0.1) is 0 Å². The molecule has 0 radical (unpaired) electrons. The molecule has 1 heterocycles. The lowest BCUT2D eigenvalue weighted by molar-refractivity contribution is 0.102. The van der Waals surface area contributed by atoms with Gasteiger partial charge in [-0.1, -0.05) is 11.8 Å². The summed E-state index contributed by atoms with van der Waals surface area (Å²) in [5.74, 6) is 6.08. The maximum absolute atomic E-state index is 12.1. The smallest absolute Gasteiger partial charge is 0.256 e. The molecule has 4 nitrogen and oxygen atoms in total. The van der Waals surface area contributed by atoms with E-state index >= 15 is 0 Å². The molecule has 2 rings (SSSR count). The van der Waals surface area contributed by atoms with Crippen LogP contribution in [0.15, 0.2) is 42.6 Å². The molecule has 0 saturated heterocycles. The molecule has 21 heavy (non-hydrogen) atoms. The van der Waals surface area contributed by atoms with Crippen LogP contribution in [0.2, 0.25) is 0 Å².